The van der Waals surface area contributed by atoms with Crippen LogP contribution < -0.4 is 10.6 Å². The summed E-state index contributed by atoms with van der Waals surface area (Å²) in [6.07, 6.45) is 3.30. The number of rotatable bonds is 7. The minimum Gasteiger partial charge on any atom is -0.468 e. The Morgan fingerprint density at radius 1 is 1.41 bits per heavy atom. The average molecular weight is 302 g/mol. The molecule has 0 aliphatic heterocycles. The molecule has 0 radical (unpaired) electrons. The Morgan fingerprint density at radius 2 is 2.23 bits per heavy atom. The van der Waals surface area contributed by atoms with E-state index in [9.17, 15) is 4.79 Å². The lowest BCUT2D eigenvalue weighted by Gasteiger charge is -2.22. The van der Waals surface area contributed by atoms with Gasteiger partial charge < -0.3 is 15.1 Å². The Hall–Kier alpha value is -2.34. The minimum absolute atomic E-state index is 0.0879. The molecule has 1 amide bonds. The first kappa shape index (κ1) is 16.0. The summed E-state index contributed by atoms with van der Waals surface area (Å²) in [5, 5.41) is 6.04. The molecule has 0 aliphatic rings. The Balaban J connectivity index is 2.04. The molecule has 6 heteroatoms. The van der Waals surface area contributed by atoms with E-state index in [-0.39, 0.29) is 11.9 Å². The number of hydrogen-bond acceptors (Lipinski definition) is 5. The summed E-state index contributed by atoms with van der Waals surface area (Å²) in [6.45, 7) is 3.13. The maximum absolute atomic E-state index is 11.8. The molecule has 118 valence electrons. The zero-order valence-corrected chi connectivity index (χ0v) is 13.2. The van der Waals surface area contributed by atoms with E-state index in [1.54, 1.807) is 24.6 Å². The van der Waals surface area contributed by atoms with E-state index in [0.717, 1.165) is 5.76 Å². The summed E-state index contributed by atoms with van der Waals surface area (Å²) in [6, 6.07) is 7.36. The number of carbonyl (C=O) groups excluding carboxylic acids is 1. The van der Waals surface area contributed by atoms with Crippen LogP contribution in [0.5, 0.6) is 0 Å². The lowest BCUT2D eigenvalue weighted by molar-refractivity contribution is 0.0955. The third kappa shape index (κ3) is 4.08. The summed E-state index contributed by atoms with van der Waals surface area (Å²) in [5.41, 5.74) is 0.596. The predicted octanol–water partition coefficient (Wildman–Crippen LogP) is 2.14. The minimum atomic E-state index is -0.0943. The lowest BCUT2D eigenvalue weighted by Crippen LogP contribution is -2.27. The molecule has 2 aromatic rings. The molecule has 2 aromatic heterocycles. The normalized spacial score (nSPS) is 12.2. The number of likely N-dealkylation sites (N-methyl/N-ethyl adjacent to an activating group) is 1. The largest absolute Gasteiger partial charge is 0.468 e. The van der Waals surface area contributed by atoms with Gasteiger partial charge in [-0.2, -0.15) is 0 Å². The van der Waals surface area contributed by atoms with Crippen molar-refractivity contribution in [1.29, 1.82) is 0 Å². The van der Waals surface area contributed by atoms with Gasteiger partial charge >= 0.3 is 0 Å². The van der Waals surface area contributed by atoms with Crippen LogP contribution in [0.3, 0.4) is 0 Å². The number of nitrogens with one attached hydrogen (secondary N) is 2. The third-order valence-electron chi connectivity index (χ3n) is 3.33. The first-order chi connectivity index (χ1) is 10.6. The Morgan fingerprint density at radius 3 is 2.86 bits per heavy atom. The van der Waals surface area contributed by atoms with E-state index < -0.39 is 0 Å². The molecule has 0 saturated carbocycles. The first-order valence-electron chi connectivity index (χ1n) is 7.29. The number of nitrogens with zero attached hydrogens (tertiary/aromatic N) is 2. The Kier molecular flexibility index (Phi) is 5.55. The first-order valence-corrected chi connectivity index (χ1v) is 7.29. The van der Waals surface area contributed by atoms with Crippen molar-refractivity contribution >= 4 is 11.7 Å². The highest BCUT2D eigenvalue weighted by atomic mass is 16.3. The van der Waals surface area contributed by atoms with Crippen molar-refractivity contribution in [2.24, 2.45) is 0 Å². The van der Waals surface area contributed by atoms with Crippen LogP contribution in [0.2, 0.25) is 0 Å². The van der Waals surface area contributed by atoms with Crippen LogP contribution in [0.25, 0.3) is 0 Å². The molecule has 1 atom stereocenters. The number of anilines is 1. The fraction of sp³-hybridized carbons (Fsp3) is 0.375. The smallest absolute Gasteiger partial charge is 0.251 e. The summed E-state index contributed by atoms with van der Waals surface area (Å²) in [5.74, 6) is 1.46. The second-order valence-electron chi connectivity index (χ2n) is 5.16. The van der Waals surface area contributed by atoms with Crippen LogP contribution in [0.15, 0.2) is 41.1 Å². The highest BCUT2D eigenvalue weighted by Gasteiger charge is 2.17. The van der Waals surface area contributed by atoms with Crippen LogP contribution in [0.1, 0.15) is 29.1 Å². The van der Waals surface area contributed by atoms with Gasteiger partial charge in [0.05, 0.1) is 12.3 Å². The molecule has 2 N–H and O–H groups in total. The van der Waals surface area contributed by atoms with Gasteiger partial charge in [0.1, 0.15) is 11.6 Å². The van der Waals surface area contributed by atoms with Gasteiger partial charge in [-0.1, -0.05) is 0 Å². The quantitative estimate of drug-likeness (QED) is 0.820. The van der Waals surface area contributed by atoms with E-state index in [1.807, 2.05) is 33.2 Å². The molecule has 0 aromatic carbocycles. The van der Waals surface area contributed by atoms with Crippen molar-refractivity contribution in [2.75, 3.05) is 32.5 Å². The number of amides is 1. The topological polar surface area (TPSA) is 70.4 Å². The fourth-order valence-electron chi connectivity index (χ4n) is 2.15. The number of furan rings is 1. The van der Waals surface area contributed by atoms with E-state index in [0.29, 0.717) is 24.5 Å². The van der Waals surface area contributed by atoms with Crippen LogP contribution in [-0.4, -0.2) is 43.0 Å². The van der Waals surface area contributed by atoms with Gasteiger partial charge in [-0.25, -0.2) is 4.98 Å². The van der Waals surface area contributed by atoms with E-state index >= 15 is 0 Å². The van der Waals surface area contributed by atoms with Crippen molar-refractivity contribution < 1.29 is 9.21 Å². The fourth-order valence-corrected chi connectivity index (χ4v) is 2.15. The standard InChI is InChI=1S/C16H22N4O2/c1-4-17-16(21)12-7-8-18-15(10-12)19-11-13(20(2)3)14-6-5-9-22-14/h5-10,13H,4,11H2,1-3H3,(H,17,21)(H,18,19). The zero-order valence-electron chi connectivity index (χ0n) is 13.2. The van der Waals surface area contributed by atoms with Gasteiger partial charge in [-0.05, 0) is 45.3 Å². The number of carbonyl (C=O) groups is 1. The van der Waals surface area contributed by atoms with Gasteiger partial charge in [0, 0.05) is 24.8 Å². The zero-order chi connectivity index (χ0) is 15.9. The molecule has 0 saturated heterocycles. The Bertz CT molecular complexity index is 596. The predicted molar refractivity (Wildman–Crippen MR) is 85.9 cm³/mol. The summed E-state index contributed by atoms with van der Waals surface area (Å²) in [7, 11) is 3.99. The molecule has 0 fully saturated rings. The second-order valence-corrected chi connectivity index (χ2v) is 5.16. The van der Waals surface area contributed by atoms with Crippen molar-refractivity contribution in [3.63, 3.8) is 0 Å². The maximum atomic E-state index is 11.8. The molecule has 0 aliphatic carbocycles. The third-order valence-corrected chi connectivity index (χ3v) is 3.33. The highest BCUT2D eigenvalue weighted by molar-refractivity contribution is 5.94. The van der Waals surface area contributed by atoms with Crippen LogP contribution in [-0.2, 0) is 0 Å². The molecule has 0 spiro atoms. The van der Waals surface area contributed by atoms with Gasteiger partial charge in [0.25, 0.3) is 5.91 Å². The van der Waals surface area contributed by atoms with Crippen molar-refractivity contribution in [3.05, 3.63) is 48.0 Å². The lowest BCUT2D eigenvalue weighted by atomic mass is 10.2. The molecule has 2 heterocycles. The number of aromatic nitrogens is 1. The second kappa shape index (κ2) is 7.61. The van der Waals surface area contributed by atoms with Crippen LogP contribution in [0, 0.1) is 0 Å². The van der Waals surface area contributed by atoms with E-state index in [4.69, 9.17) is 4.42 Å². The van der Waals surface area contributed by atoms with Crippen molar-refractivity contribution in [1.82, 2.24) is 15.2 Å². The molecule has 6 nitrogen and oxygen atoms in total. The van der Waals surface area contributed by atoms with Gasteiger partial charge in [-0.3, -0.25) is 9.69 Å². The van der Waals surface area contributed by atoms with Crippen LogP contribution >= 0.6 is 0 Å². The van der Waals surface area contributed by atoms with E-state index in [1.165, 1.54) is 0 Å². The molecular weight excluding hydrogens is 280 g/mol. The van der Waals surface area contributed by atoms with Crippen molar-refractivity contribution in [2.45, 2.75) is 13.0 Å². The summed E-state index contributed by atoms with van der Waals surface area (Å²) >= 11 is 0. The SMILES string of the molecule is CCNC(=O)c1ccnc(NCC(c2ccco2)N(C)C)c1. The monoisotopic (exact) mass is 302 g/mol. The maximum Gasteiger partial charge on any atom is 0.251 e. The van der Waals surface area contributed by atoms with Crippen LogP contribution in [0.4, 0.5) is 5.82 Å². The van der Waals surface area contributed by atoms with Crippen molar-refractivity contribution in [3.8, 4) is 0 Å². The number of pyridine rings is 1. The molecule has 0 bridgehead atoms. The van der Waals surface area contributed by atoms with E-state index in [2.05, 4.69) is 20.5 Å². The van der Waals surface area contributed by atoms with Gasteiger partial charge in [0.15, 0.2) is 0 Å². The summed E-state index contributed by atoms with van der Waals surface area (Å²) in [4.78, 5) is 18.2. The summed E-state index contributed by atoms with van der Waals surface area (Å²) < 4.78 is 5.47. The average Bonchev–Trinajstić information content (AvgIpc) is 3.02. The Labute approximate surface area is 130 Å². The molecular formula is C16H22N4O2. The molecule has 1 unspecified atom stereocenters. The molecule has 22 heavy (non-hydrogen) atoms. The van der Waals surface area contributed by atoms with Gasteiger partial charge in [-0.15, -0.1) is 0 Å². The highest BCUT2D eigenvalue weighted by Crippen LogP contribution is 2.19. The van der Waals surface area contributed by atoms with Gasteiger partial charge in [0.2, 0.25) is 0 Å². The number of hydrogen-bond donors (Lipinski definition) is 2. The molecule has 2 rings (SSSR count).